The van der Waals surface area contributed by atoms with Crippen molar-refractivity contribution in [3.63, 3.8) is 0 Å². The molecule has 6 rings (SSSR count). The highest BCUT2D eigenvalue weighted by molar-refractivity contribution is 5.85. The van der Waals surface area contributed by atoms with Crippen molar-refractivity contribution >= 4 is 23.3 Å². The van der Waals surface area contributed by atoms with Gasteiger partial charge in [-0.1, -0.05) is 103 Å². The number of aromatic nitrogens is 2. The molecule has 2 heterocycles. The number of hydrogen-bond donors (Lipinski definition) is 0. The average Bonchev–Trinajstić information content (AvgIpc) is 3.07. The van der Waals surface area contributed by atoms with E-state index in [1.165, 1.54) is 15.7 Å². The van der Waals surface area contributed by atoms with Crippen LogP contribution in [0.15, 0.2) is 125 Å². The van der Waals surface area contributed by atoms with Gasteiger partial charge in [0.15, 0.2) is 0 Å². The van der Waals surface area contributed by atoms with Gasteiger partial charge in [-0.15, -0.1) is 12.4 Å². The van der Waals surface area contributed by atoms with Gasteiger partial charge in [-0.25, -0.2) is 4.79 Å². The number of para-hydroxylation sites is 1. The molecule has 228 valence electrons. The predicted molar refractivity (Wildman–Crippen MR) is 180 cm³/mol. The molecule has 0 amide bonds. The van der Waals surface area contributed by atoms with Crippen molar-refractivity contribution in [3.8, 4) is 0 Å². The minimum Gasteiger partial charge on any atom is -0.365 e. The van der Waals surface area contributed by atoms with E-state index in [4.69, 9.17) is 4.74 Å². The zero-order valence-electron chi connectivity index (χ0n) is 25.0. The number of piperidine rings is 1. The van der Waals surface area contributed by atoms with Gasteiger partial charge in [-0.05, 0) is 61.1 Å². The van der Waals surface area contributed by atoms with Gasteiger partial charge in [0.05, 0.1) is 23.6 Å². The van der Waals surface area contributed by atoms with Crippen LogP contribution in [0.1, 0.15) is 48.5 Å². The van der Waals surface area contributed by atoms with Crippen molar-refractivity contribution in [2.75, 3.05) is 19.6 Å². The third-order valence-corrected chi connectivity index (χ3v) is 8.49. The number of aryl methyl sites for hydroxylation is 1. The van der Waals surface area contributed by atoms with Gasteiger partial charge < -0.3 is 9.64 Å². The highest BCUT2D eigenvalue weighted by Gasteiger charge is 2.24. The number of halogens is 1. The third-order valence-electron chi connectivity index (χ3n) is 8.49. The molecular weight excluding hydrogens is 570 g/mol. The van der Waals surface area contributed by atoms with Crippen LogP contribution in [0.25, 0.3) is 10.9 Å². The van der Waals surface area contributed by atoms with E-state index in [0.717, 1.165) is 50.9 Å². The van der Waals surface area contributed by atoms with Crippen LogP contribution in [-0.4, -0.2) is 39.8 Å². The van der Waals surface area contributed by atoms with Crippen LogP contribution in [0.4, 0.5) is 0 Å². The van der Waals surface area contributed by atoms with E-state index in [0.29, 0.717) is 17.4 Å². The van der Waals surface area contributed by atoms with Crippen molar-refractivity contribution in [3.05, 3.63) is 153 Å². The predicted octanol–water partition coefficient (Wildman–Crippen LogP) is 6.68. The lowest BCUT2D eigenvalue weighted by Crippen LogP contribution is -2.40. The molecule has 6 nitrogen and oxygen atoms in total. The maximum Gasteiger partial charge on any atom is 0.331 e. The fourth-order valence-corrected chi connectivity index (χ4v) is 6.16. The van der Waals surface area contributed by atoms with Crippen LogP contribution in [0.3, 0.4) is 0 Å². The first-order valence-electron chi connectivity index (χ1n) is 15.4. The maximum atomic E-state index is 13.5. The molecule has 4 aromatic carbocycles. The molecule has 0 radical (unpaired) electrons. The molecule has 0 aliphatic carbocycles. The van der Waals surface area contributed by atoms with Crippen molar-refractivity contribution in [1.29, 1.82) is 0 Å². The highest BCUT2D eigenvalue weighted by atomic mass is 35.5. The van der Waals surface area contributed by atoms with Crippen LogP contribution < -0.4 is 11.2 Å². The largest absolute Gasteiger partial charge is 0.365 e. The Kier molecular flexibility index (Phi) is 10.8. The molecule has 1 aliphatic rings. The molecule has 1 fully saturated rings. The number of nitrogens with zero attached hydrogens (tertiary/aromatic N) is 3. The van der Waals surface area contributed by atoms with Gasteiger partial charge >= 0.3 is 5.69 Å². The number of likely N-dealkylation sites (tertiary alicyclic amines) is 1. The third kappa shape index (κ3) is 7.39. The summed E-state index contributed by atoms with van der Waals surface area (Å²) in [5, 5.41) is 0.587. The molecule has 7 heteroatoms. The maximum absolute atomic E-state index is 13.5. The van der Waals surface area contributed by atoms with E-state index in [1.54, 1.807) is 4.57 Å². The summed E-state index contributed by atoms with van der Waals surface area (Å²) in [6.45, 7) is 3.86. The lowest BCUT2D eigenvalue weighted by Gasteiger charge is -2.34. The quantitative estimate of drug-likeness (QED) is 0.157. The van der Waals surface area contributed by atoms with Gasteiger partial charge in [0, 0.05) is 19.6 Å². The molecule has 0 bridgehead atoms. The summed E-state index contributed by atoms with van der Waals surface area (Å²) < 4.78 is 9.88. The average molecular weight is 610 g/mol. The Morgan fingerprint density at radius 2 is 1.20 bits per heavy atom. The van der Waals surface area contributed by atoms with Crippen LogP contribution in [0.5, 0.6) is 0 Å². The summed E-state index contributed by atoms with van der Waals surface area (Å²) in [5.41, 5.74) is 3.56. The monoisotopic (exact) mass is 609 g/mol. The van der Waals surface area contributed by atoms with Gasteiger partial charge in [-0.2, -0.15) is 0 Å². The Bertz CT molecular complexity index is 1690. The standard InChI is InChI=1S/C37H39N3O3.ClH/c41-36-33-20-10-11-21-34(33)39(37(42)40(36)28-29-14-4-1-5-15-29)25-13-12-24-38-26-22-32(23-27-38)43-35(30-16-6-2-7-17-30)31-18-8-3-9-19-31;/h1-11,14-21,32,35H,12-13,22-28H2;1H. The molecular formula is C37H40ClN3O3. The van der Waals surface area contributed by atoms with Crippen LogP contribution in [-0.2, 0) is 17.8 Å². The van der Waals surface area contributed by atoms with Crippen LogP contribution in [0.2, 0.25) is 0 Å². The fourth-order valence-electron chi connectivity index (χ4n) is 6.16. The van der Waals surface area contributed by atoms with Crippen molar-refractivity contribution in [2.45, 2.75) is 51.0 Å². The summed E-state index contributed by atoms with van der Waals surface area (Å²) in [4.78, 5) is 29.3. The molecule has 0 atom stereocenters. The summed E-state index contributed by atoms with van der Waals surface area (Å²) in [7, 11) is 0. The Balaban J connectivity index is 0.00000384. The number of rotatable bonds is 11. The Labute approximate surface area is 265 Å². The van der Waals surface area contributed by atoms with Crippen molar-refractivity contribution in [2.24, 2.45) is 0 Å². The first-order valence-corrected chi connectivity index (χ1v) is 15.4. The first kappa shape index (κ1) is 31.5. The minimum absolute atomic E-state index is 0. The second-order valence-corrected chi connectivity index (χ2v) is 11.4. The summed E-state index contributed by atoms with van der Waals surface area (Å²) in [6, 6.07) is 38.1. The zero-order chi connectivity index (χ0) is 29.4. The summed E-state index contributed by atoms with van der Waals surface area (Å²) in [6.07, 6.45) is 4.03. The van der Waals surface area contributed by atoms with E-state index < -0.39 is 0 Å². The molecule has 1 aliphatic heterocycles. The molecule has 5 aromatic rings. The van der Waals surface area contributed by atoms with Gasteiger partial charge in [0.25, 0.3) is 5.56 Å². The zero-order valence-corrected chi connectivity index (χ0v) is 25.8. The van der Waals surface area contributed by atoms with Crippen LogP contribution >= 0.6 is 12.4 Å². The molecule has 0 saturated carbocycles. The molecule has 0 spiro atoms. The fraction of sp³-hybridized carbons (Fsp3) is 0.297. The number of ether oxygens (including phenoxy) is 1. The normalized spacial score (nSPS) is 14.1. The Morgan fingerprint density at radius 3 is 1.84 bits per heavy atom. The topological polar surface area (TPSA) is 56.5 Å². The van der Waals surface area contributed by atoms with E-state index in [-0.39, 0.29) is 42.4 Å². The number of hydrogen-bond acceptors (Lipinski definition) is 4. The van der Waals surface area contributed by atoms with Crippen molar-refractivity contribution in [1.82, 2.24) is 14.0 Å². The van der Waals surface area contributed by atoms with Crippen molar-refractivity contribution < 1.29 is 4.74 Å². The van der Waals surface area contributed by atoms with Gasteiger partial charge in [0.1, 0.15) is 6.10 Å². The Hall–Kier alpha value is -3.97. The van der Waals surface area contributed by atoms with E-state index in [9.17, 15) is 9.59 Å². The second kappa shape index (κ2) is 15.2. The molecule has 0 unspecified atom stereocenters. The number of benzene rings is 4. The second-order valence-electron chi connectivity index (χ2n) is 11.4. The lowest BCUT2D eigenvalue weighted by molar-refractivity contribution is -0.0271. The first-order chi connectivity index (χ1) is 21.2. The van der Waals surface area contributed by atoms with E-state index in [2.05, 4.69) is 53.4 Å². The SMILES string of the molecule is Cl.O=c1c2ccccc2n(CCCCN2CCC(OC(c3ccccc3)c3ccccc3)CC2)c(=O)n1Cc1ccccc1. The molecule has 44 heavy (non-hydrogen) atoms. The Morgan fingerprint density at radius 1 is 0.659 bits per heavy atom. The molecule has 0 N–H and O–H groups in total. The highest BCUT2D eigenvalue weighted by Crippen LogP contribution is 2.30. The molecule has 1 aromatic heterocycles. The number of unbranched alkanes of at least 4 members (excludes halogenated alkanes) is 1. The van der Waals surface area contributed by atoms with E-state index >= 15 is 0 Å². The minimum atomic E-state index is -0.239. The number of fused-ring (bicyclic) bond motifs is 1. The van der Waals surface area contributed by atoms with Gasteiger partial charge in [-0.3, -0.25) is 13.9 Å². The van der Waals surface area contributed by atoms with E-state index in [1.807, 2.05) is 66.7 Å². The lowest BCUT2D eigenvalue weighted by atomic mass is 10.00. The smallest absolute Gasteiger partial charge is 0.331 e. The van der Waals surface area contributed by atoms with Crippen LogP contribution in [0, 0.1) is 0 Å². The molecule has 1 saturated heterocycles. The van der Waals surface area contributed by atoms with Gasteiger partial charge in [0.2, 0.25) is 0 Å². The summed E-state index contributed by atoms with van der Waals surface area (Å²) >= 11 is 0. The summed E-state index contributed by atoms with van der Waals surface area (Å²) in [5.74, 6) is 0.